The van der Waals surface area contributed by atoms with Gasteiger partial charge in [0.25, 0.3) is 0 Å². The molecule has 82 valence electrons. The van der Waals surface area contributed by atoms with Crippen LogP contribution in [0, 0.1) is 0 Å². The van der Waals surface area contributed by atoms with E-state index in [4.69, 9.17) is 5.11 Å². The summed E-state index contributed by atoms with van der Waals surface area (Å²) in [5, 5.41) is 19.6. The number of carboxylic acids is 1. The highest BCUT2D eigenvalue weighted by Gasteiger charge is 2.20. The highest BCUT2D eigenvalue weighted by atomic mass is 16.4. The van der Waals surface area contributed by atoms with Gasteiger partial charge in [-0.05, 0) is 26.0 Å². The van der Waals surface area contributed by atoms with Gasteiger partial charge in [-0.15, -0.1) is 10.2 Å². The van der Waals surface area contributed by atoms with Gasteiger partial charge in [0.15, 0.2) is 5.82 Å². The number of Topliss-reactive ketones (excluding diaryl/α,β-unsaturated/α-hetero) is 1. The summed E-state index contributed by atoms with van der Waals surface area (Å²) in [5.74, 6) is -2.30. The second-order valence-corrected chi connectivity index (χ2v) is 4.07. The van der Waals surface area contributed by atoms with E-state index in [9.17, 15) is 9.59 Å². The Labute approximate surface area is 86.1 Å². The van der Waals surface area contributed by atoms with Crippen molar-refractivity contribution >= 4 is 11.8 Å². The van der Waals surface area contributed by atoms with Crippen LogP contribution in [0.25, 0.3) is 0 Å². The predicted octanol–water partition coefficient (Wildman–Crippen LogP) is -0.376. The Morgan fingerprint density at radius 2 is 2.00 bits per heavy atom. The van der Waals surface area contributed by atoms with Crippen molar-refractivity contribution in [2.75, 3.05) is 0 Å². The molecule has 0 aliphatic carbocycles. The summed E-state index contributed by atoms with van der Waals surface area (Å²) in [6.07, 6.45) is -0.328. The molecule has 15 heavy (non-hydrogen) atoms. The first-order valence-corrected chi connectivity index (χ1v) is 4.36. The number of rotatable bonds is 3. The van der Waals surface area contributed by atoms with E-state index in [1.165, 1.54) is 4.80 Å². The number of ketones is 1. The van der Waals surface area contributed by atoms with Gasteiger partial charge in [-0.1, -0.05) is 0 Å². The van der Waals surface area contributed by atoms with E-state index < -0.39 is 11.8 Å². The van der Waals surface area contributed by atoms with Crippen LogP contribution in [0.1, 0.15) is 26.6 Å². The number of aromatic nitrogens is 4. The van der Waals surface area contributed by atoms with Crippen molar-refractivity contribution in [3.63, 3.8) is 0 Å². The Balaban J connectivity index is 2.78. The first kappa shape index (κ1) is 11.3. The van der Waals surface area contributed by atoms with Crippen LogP contribution in [0.15, 0.2) is 0 Å². The molecule has 1 heterocycles. The standard InChI is InChI=1S/C8H12N4O3/c1-8(2,3)12-10-6(9-11-12)4-5(13)7(14)15/h4H2,1-3H3,(H,14,15). The highest BCUT2D eigenvalue weighted by Crippen LogP contribution is 2.09. The van der Waals surface area contributed by atoms with E-state index in [1.54, 1.807) is 0 Å². The van der Waals surface area contributed by atoms with Gasteiger partial charge in [0, 0.05) is 0 Å². The van der Waals surface area contributed by atoms with E-state index >= 15 is 0 Å². The fourth-order valence-electron chi connectivity index (χ4n) is 0.817. The van der Waals surface area contributed by atoms with Crippen LogP contribution in [-0.4, -0.2) is 37.1 Å². The van der Waals surface area contributed by atoms with E-state index in [0.717, 1.165) is 0 Å². The van der Waals surface area contributed by atoms with E-state index in [1.807, 2.05) is 20.8 Å². The quantitative estimate of drug-likeness (QED) is 0.686. The van der Waals surface area contributed by atoms with Gasteiger partial charge in [-0.25, -0.2) is 4.79 Å². The summed E-state index contributed by atoms with van der Waals surface area (Å²) < 4.78 is 0. The third-order valence-electron chi connectivity index (χ3n) is 1.61. The topological polar surface area (TPSA) is 98.0 Å². The van der Waals surface area contributed by atoms with Crippen LogP contribution in [0.3, 0.4) is 0 Å². The van der Waals surface area contributed by atoms with Crippen molar-refractivity contribution in [3.05, 3.63) is 5.82 Å². The van der Waals surface area contributed by atoms with Gasteiger partial charge in [-0.2, -0.15) is 4.80 Å². The minimum atomic E-state index is -1.48. The molecule has 0 amide bonds. The van der Waals surface area contributed by atoms with Gasteiger partial charge < -0.3 is 5.11 Å². The van der Waals surface area contributed by atoms with Crippen LogP contribution < -0.4 is 0 Å². The maximum absolute atomic E-state index is 10.9. The number of carbonyl (C=O) groups excluding carboxylic acids is 1. The zero-order valence-corrected chi connectivity index (χ0v) is 8.76. The van der Waals surface area contributed by atoms with Crippen molar-refractivity contribution < 1.29 is 14.7 Å². The lowest BCUT2D eigenvalue weighted by Gasteiger charge is -2.15. The molecule has 7 nitrogen and oxygen atoms in total. The monoisotopic (exact) mass is 212 g/mol. The molecule has 0 fully saturated rings. The Bertz CT molecular complexity index is 391. The molecule has 1 N–H and O–H groups in total. The second-order valence-electron chi connectivity index (χ2n) is 4.07. The summed E-state index contributed by atoms with van der Waals surface area (Å²) in [6, 6.07) is 0. The molecular weight excluding hydrogens is 200 g/mol. The predicted molar refractivity (Wildman–Crippen MR) is 49.2 cm³/mol. The minimum Gasteiger partial charge on any atom is -0.475 e. The third-order valence-corrected chi connectivity index (χ3v) is 1.61. The van der Waals surface area contributed by atoms with Crippen molar-refractivity contribution in [1.29, 1.82) is 0 Å². The molecule has 1 rings (SSSR count). The lowest BCUT2D eigenvalue weighted by molar-refractivity contribution is -0.148. The van der Waals surface area contributed by atoms with E-state index in [0.29, 0.717) is 0 Å². The summed E-state index contributed by atoms with van der Waals surface area (Å²) in [6.45, 7) is 5.62. The molecule has 0 radical (unpaired) electrons. The van der Waals surface area contributed by atoms with Crippen LogP contribution in [0.5, 0.6) is 0 Å². The van der Waals surface area contributed by atoms with Gasteiger partial charge in [0.05, 0.1) is 12.0 Å². The Kier molecular flexibility index (Phi) is 2.83. The molecular formula is C8H12N4O3. The van der Waals surface area contributed by atoms with E-state index in [-0.39, 0.29) is 17.8 Å². The number of tetrazole rings is 1. The summed E-state index contributed by atoms with van der Waals surface area (Å²) in [4.78, 5) is 22.5. The van der Waals surface area contributed by atoms with Gasteiger partial charge >= 0.3 is 5.97 Å². The van der Waals surface area contributed by atoms with Crippen LogP contribution in [0.4, 0.5) is 0 Å². The summed E-state index contributed by atoms with van der Waals surface area (Å²) >= 11 is 0. The SMILES string of the molecule is CC(C)(C)n1nnc(CC(=O)C(=O)O)n1. The smallest absolute Gasteiger partial charge is 0.372 e. The largest absolute Gasteiger partial charge is 0.475 e. The first-order valence-electron chi connectivity index (χ1n) is 4.36. The molecule has 0 aromatic carbocycles. The molecule has 0 aliphatic heterocycles. The lowest BCUT2D eigenvalue weighted by atomic mass is 10.1. The maximum Gasteiger partial charge on any atom is 0.372 e. The van der Waals surface area contributed by atoms with Gasteiger partial charge in [-0.3, -0.25) is 4.79 Å². The molecule has 0 bridgehead atoms. The highest BCUT2D eigenvalue weighted by molar-refractivity contribution is 6.33. The van der Waals surface area contributed by atoms with Crippen molar-refractivity contribution in [2.45, 2.75) is 32.7 Å². The molecule has 1 aromatic heterocycles. The third kappa shape index (κ3) is 2.83. The summed E-state index contributed by atoms with van der Waals surface area (Å²) in [7, 11) is 0. The number of nitrogens with zero attached hydrogens (tertiary/aromatic N) is 4. The molecule has 7 heteroatoms. The average molecular weight is 212 g/mol. The summed E-state index contributed by atoms with van der Waals surface area (Å²) in [5.41, 5.74) is -0.336. The second kappa shape index (κ2) is 3.76. The Morgan fingerprint density at radius 3 is 2.40 bits per heavy atom. The molecule has 0 unspecified atom stereocenters. The number of hydrogen-bond donors (Lipinski definition) is 1. The number of hydrogen-bond acceptors (Lipinski definition) is 5. The van der Waals surface area contributed by atoms with Crippen molar-refractivity contribution in [2.24, 2.45) is 0 Å². The fraction of sp³-hybridized carbons (Fsp3) is 0.625. The van der Waals surface area contributed by atoms with Gasteiger partial charge in [0.2, 0.25) is 5.78 Å². The lowest BCUT2D eigenvalue weighted by Crippen LogP contribution is -2.25. The molecule has 0 saturated heterocycles. The molecule has 0 spiro atoms. The number of carboxylic acid groups (broad SMARTS) is 1. The van der Waals surface area contributed by atoms with Gasteiger partial charge in [0.1, 0.15) is 0 Å². The minimum absolute atomic E-state index is 0.123. The fourth-order valence-corrected chi connectivity index (χ4v) is 0.817. The van der Waals surface area contributed by atoms with Crippen LogP contribution >= 0.6 is 0 Å². The Morgan fingerprint density at radius 1 is 1.40 bits per heavy atom. The molecule has 1 aromatic rings. The first-order chi connectivity index (χ1) is 6.80. The zero-order chi connectivity index (χ0) is 11.6. The van der Waals surface area contributed by atoms with E-state index in [2.05, 4.69) is 15.4 Å². The normalized spacial score (nSPS) is 11.4. The zero-order valence-electron chi connectivity index (χ0n) is 8.76. The number of carbonyl (C=O) groups is 2. The Hall–Kier alpha value is -1.79. The average Bonchev–Trinajstić information content (AvgIpc) is 2.51. The molecule has 0 aliphatic rings. The van der Waals surface area contributed by atoms with Crippen LogP contribution in [-0.2, 0) is 21.5 Å². The van der Waals surface area contributed by atoms with Crippen molar-refractivity contribution in [1.82, 2.24) is 20.2 Å². The maximum atomic E-state index is 10.9. The van der Waals surface area contributed by atoms with Crippen molar-refractivity contribution in [3.8, 4) is 0 Å². The number of aliphatic carboxylic acids is 1. The van der Waals surface area contributed by atoms with Crippen LogP contribution in [0.2, 0.25) is 0 Å². The molecule has 0 saturated carbocycles. The molecule has 0 atom stereocenters.